The van der Waals surface area contributed by atoms with Crippen LogP contribution >= 0.6 is 0 Å². The Morgan fingerprint density at radius 1 is 1.33 bits per heavy atom. The van der Waals surface area contributed by atoms with Gasteiger partial charge < -0.3 is 14.6 Å². The summed E-state index contributed by atoms with van der Waals surface area (Å²) >= 11 is 0. The molecule has 1 fully saturated rings. The molecule has 0 saturated carbocycles. The van der Waals surface area contributed by atoms with Gasteiger partial charge in [0.25, 0.3) is 0 Å². The summed E-state index contributed by atoms with van der Waals surface area (Å²) in [7, 11) is 2.12. The number of hydrogen-bond donors (Lipinski definition) is 1. The first kappa shape index (κ1) is 11.8. The summed E-state index contributed by atoms with van der Waals surface area (Å²) in [4.78, 5) is 0. The Kier molecular flexibility index (Phi) is 2.88. The minimum Gasteiger partial charge on any atom is -0.379 e. The van der Waals surface area contributed by atoms with Crippen LogP contribution in [0.25, 0.3) is 10.9 Å². The maximum Gasteiger partial charge on any atom is 0.0598 e. The van der Waals surface area contributed by atoms with Crippen LogP contribution in [0.5, 0.6) is 0 Å². The van der Waals surface area contributed by atoms with Crippen LogP contribution in [0.2, 0.25) is 0 Å². The van der Waals surface area contributed by atoms with Crippen molar-refractivity contribution in [1.29, 1.82) is 0 Å². The van der Waals surface area contributed by atoms with Crippen molar-refractivity contribution in [1.82, 2.24) is 9.88 Å². The fourth-order valence-electron chi connectivity index (χ4n) is 2.83. The minimum absolute atomic E-state index is 0.164. The smallest absolute Gasteiger partial charge is 0.0598 e. The van der Waals surface area contributed by atoms with Gasteiger partial charge in [-0.3, -0.25) is 0 Å². The number of fused-ring (bicyclic) bond motifs is 1. The molecule has 0 spiro atoms. The third kappa shape index (κ3) is 1.66. The van der Waals surface area contributed by atoms with Crippen LogP contribution < -0.4 is 5.32 Å². The highest BCUT2D eigenvalue weighted by atomic mass is 16.5. The highest BCUT2D eigenvalue weighted by molar-refractivity contribution is 5.85. The van der Waals surface area contributed by atoms with Gasteiger partial charge in [-0.15, -0.1) is 0 Å². The number of para-hydroxylation sites is 1. The molecule has 18 heavy (non-hydrogen) atoms. The predicted molar refractivity (Wildman–Crippen MR) is 74.0 cm³/mol. The van der Waals surface area contributed by atoms with E-state index < -0.39 is 0 Å². The van der Waals surface area contributed by atoms with Crippen LogP contribution in [0.4, 0.5) is 0 Å². The summed E-state index contributed by atoms with van der Waals surface area (Å²) in [5, 5.41) is 4.84. The van der Waals surface area contributed by atoms with Crippen LogP contribution in [0.1, 0.15) is 12.5 Å². The van der Waals surface area contributed by atoms with Gasteiger partial charge in [-0.1, -0.05) is 25.1 Å². The lowest BCUT2D eigenvalue weighted by molar-refractivity contribution is -0.0581. The van der Waals surface area contributed by atoms with Crippen LogP contribution in [0.15, 0.2) is 30.5 Å². The number of nitrogens with one attached hydrogen (secondary N) is 1. The van der Waals surface area contributed by atoms with Gasteiger partial charge in [-0.05, 0) is 18.2 Å². The van der Waals surface area contributed by atoms with Crippen LogP contribution in [0.3, 0.4) is 0 Å². The predicted octanol–water partition coefficient (Wildman–Crippen LogP) is 2.06. The van der Waals surface area contributed by atoms with Gasteiger partial charge in [0.05, 0.1) is 18.6 Å². The summed E-state index contributed by atoms with van der Waals surface area (Å²) in [5.41, 5.74) is 2.89. The monoisotopic (exact) mass is 244 g/mol. The van der Waals surface area contributed by atoms with Crippen molar-refractivity contribution in [2.24, 2.45) is 7.05 Å². The van der Waals surface area contributed by atoms with Gasteiger partial charge in [0.15, 0.2) is 0 Å². The summed E-state index contributed by atoms with van der Waals surface area (Å²) in [6.07, 6.45) is 2.27. The largest absolute Gasteiger partial charge is 0.379 e. The first-order valence-electron chi connectivity index (χ1n) is 6.60. The molecule has 0 atom stereocenters. The van der Waals surface area contributed by atoms with E-state index in [1.165, 1.54) is 16.5 Å². The Morgan fingerprint density at radius 3 is 2.78 bits per heavy atom. The summed E-state index contributed by atoms with van der Waals surface area (Å²) in [6, 6.07) is 8.61. The number of hydrogen-bond acceptors (Lipinski definition) is 2. The molecule has 1 saturated heterocycles. The van der Waals surface area contributed by atoms with E-state index >= 15 is 0 Å². The minimum atomic E-state index is 0.164. The van der Waals surface area contributed by atoms with Crippen molar-refractivity contribution in [2.45, 2.75) is 12.3 Å². The SMILES string of the molecule is CCNCC1(c2cn(C)c3ccccc23)COC1. The average molecular weight is 244 g/mol. The van der Waals surface area contributed by atoms with Crippen molar-refractivity contribution in [3.8, 4) is 0 Å². The third-order valence-corrected chi connectivity index (χ3v) is 3.94. The number of likely N-dealkylation sites (N-methyl/N-ethyl adjacent to an activating group) is 1. The average Bonchev–Trinajstić information content (AvgIpc) is 2.67. The van der Waals surface area contributed by atoms with Crippen LogP contribution in [-0.4, -0.2) is 30.9 Å². The Labute approximate surface area is 108 Å². The molecule has 3 rings (SSSR count). The molecular weight excluding hydrogens is 224 g/mol. The van der Waals surface area contributed by atoms with Crippen molar-refractivity contribution >= 4 is 10.9 Å². The molecule has 1 aliphatic heterocycles. The molecule has 0 unspecified atom stereocenters. The van der Waals surface area contributed by atoms with Crippen LogP contribution in [0, 0.1) is 0 Å². The molecule has 2 heterocycles. The molecule has 1 N–H and O–H groups in total. The number of ether oxygens (including phenoxy) is 1. The third-order valence-electron chi connectivity index (χ3n) is 3.94. The molecule has 0 amide bonds. The molecule has 0 aliphatic carbocycles. The number of aryl methyl sites for hydroxylation is 1. The zero-order valence-electron chi connectivity index (χ0n) is 11.1. The topological polar surface area (TPSA) is 26.2 Å². The quantitative estimate of drug-likeness (QED) is 0.891. The Bertz CT molecular complexity index is 555. The summed E-state index contributed by atoms with van der Waals surface area (Å²) in [6.45, 7) is 5.81. The Balaban J connectivity index is 2.07. The molecule has 96 valence electrons. The zero-order chi connectivity index (χ0) is 12.6. The van der Waals surface area contributed by atoms with E-state index in [2.05, 4.69) is 54.3 Å². The molecule has 2 aromatic rings. The summed E-state index contributed by atoms with van der Waals surface area (Å²) in [5.74, 6) is 0. The fourth-order valence-corrected chi connectivity index (χ4v) is 2.83. The van der Waals surface area contributed by atoms with Crippen molar-refractivity contribution in [3.05, 3.63) is 36.0 Å². The highest BCUT2D eigenvalue weighted by Gasteiger charge is 2.41. The highest BCUT2D eigenvalue weighted by Crippen LogP contribution is 2.37. The normalized spacial score (nSPS) is 17.9. The lowest BCUT2D eigenvalue weighted by Crippen LogP contribution is -2.53. The lowest BCUT2D eigenvalue weighted by Gasteiger charge is -2.41. The molecule has 1 aromatic carbocycles. The standard InChI is InChI=1S/C15H20N2O/c1-3-16-9-15(10-18-11-15)13-8-17(2)14-7-5-4-6-12(13)14/h4-8,16H,3,9-11H2,1-2H3. The van der Waals surface area contributed by atoms with Gasteiger partial charge in [-0.25, -0.2) is 0 Å². The molecule has 0 radical (unpaired) electrons. The number of rotatable bonds is 4. The van der Waals surface area contributed by atoms with Crippen molar-refractivity contribution in [2.75, 3.05) is 26.3 Å². The molecule has 1 aromatic heterocycles. The molecule has 3 heteroatoms. The maximum atomic E-state index is 5.50. The second-order valence-corrected chi connectivity index (χ2v) is 5.22. The second kappa shape index (κ2) is 4.41. The number of aromatic nitrogens is 1. The van der Waals surface area contributed by atoms with Crippen molar-refractivity contribution in [3.63, 3.8) is 0 Å². The summed E-state index contributed by atoms with van der Waals surface area (Å²) < 4.78 is 7.72. The van der Waals surface area contributed by atoms with Gasteiger partial charge in [0.2, 0.25) is 0 Å². The van der Waals surface area contributed by atoms with Crippen LogP contribution in [-0.2, 0) is 17.2 Å². The second-order valence-electron chi connectivity index (χ2n) is 5.22. The van der Waals surface area contributed by atoms with E-state index in [0.29, 0.717) is 0 Å². The van der Waals surface area contributed by atoms with E-state index in [4.69, 9.17) is 4.74 Å². The van der Waals surface area contributed by atoms with E-state index in [0.717, 1.165) is 26.3 Å². The van der Waals surface area contributed by atoms with E-state index in [-0.39, 0.29) is 5.41 Å². The first-order valence-corrected chi connectivity index (χ1v) is 6.60. The van der Waals surface area contributed by atoms with E-state index in [1.807, 2.05) is 0 Å². The van der Waals surface area contributed by atoms with Gasteiger partial charge >= 0.3 is 0 Å². The van der Waals surface area contributed by atoms with Crippen molar-refractivity contribution < 1.29 is 4.74 Å². The Hall–Kier alpha value is -1.32. The van der Waals surface area contributed by atoms with E-state index in [9.17, 15) is 0 Å². The first-order chi connectivity index (χ1) is 8.77. The molecule has 0 bridgehead atoms. The zero-order valence-corrected chi connectivity index (χ0v) is 11.1. The molecular formula is C15H20N2O. The number of benzene rings is 1. The van der Waals surface area contributed by atoms with Gasteiger partial charge in [0.1, 0.15) is 0 Å². The maximum absolute atomic E-state index is 5.50. The lowest BCUT2D eigenvalue weighted by atomic mass is 9.78. The number of nitrogens with zero attached hydrogens (tertiary/aromatic N) is 1. The van der Waals surface area contributed by atoms with Gasteiger partial charge in [0, 0.05) is 30.7 Å². The fraction of sp³-hybridized carbons (Fsp3) is 0.467. The van der Waals surface area contributed by atoms with E-state index in [1.54, 1.807) is 0 Å². The van der Waals surface area contributed by atoms with Gasteiger partial charge in [-0.2, -0.15) is 0 Å². The molecule has 1 aliphatic rings. The molecule has 3 nitrogen and oxygen atoms in total. The Morgan fingerprint density at radius 2 is 2.11 bits per heavy atom.